The van der Waals surface area contributed by atoms with E-state index in [2.05, 4.69) is 52.5 Å². The predicted octanol–water partition coefficient (Wildman–Crippen LogP) is 6.72. The number of allylic oxidation sites excluding steroid dienone is 5. The van der Waals surface area contributed by atoms with Gasteiger partial charge in [-0.05, 0) is 59.4 Å². The van der Waals surface area contributed by atoms with Crippen LogP contribution in [0.3, 0.4) is 0 Å². The Morgan fingerprint density at radius 3 is 2.22 bits per heavy atom. The number of amides is 1. The number of rotatable bonds is 12. The zero-order chi connectivity index (χ0) is 23.7. The van der Waals surface area contributed by atoms with Crippen LogP contribution < -0.4 is 0 Å². The molecule has 172 valence electrons. The molecule has 1 atom stereocenters. The molecular formula is C27H35NO3S. The first-order valence-electron chi connectivity index (χ1n) is 11.1. The molecule has 2 rings (SSSR count). The summed E-state index contributed by atoms with van der Waals surface area (Å²) in [7, 11) is 0. The van der Waals surface area contributed by atoms with Crippen LogP contribution in [0.2, 0.25) is 0 Å². The maximum absolute atomic E-state index is 12.7. The van der Waals surface area contributed by atoms with Gasteiger partial charge in [0.15, 0.2) is 0 Å². The molecule has 1 amide bonds. The first-order valence-corrected chi connectivity index (χ1v) is 12.2. The molecule has 1 aromatic rings. The number of carboxylic acid groups (broad SMARTS) is 1. The SMILES string of the molecule is C=C1c2ccccc2C(=O)N1C(CSC/C=C(\C)CC/C=C(\C)CCC=C(C)C)C(=O)O. The van der Waals surface area contributed by atoms with Gasteiger partial charge in [0, 0.05) is 28.3 Å². The number of carbonyl (C=O) groups is 2. The fourth-order valence-electron chi connectivity index (χ4n) is 3.61. The van der Waals surface area contributed by atoms with Gasteiger partial charge in [0.05, 0.1) is 0 Å². The normalized spacial score (nSPS) is 15.1. The molecule has 1 aliphatic heterocycles. The van der Waals surface area contributed by atoms with E-state index in [-0.39, 0.29) is 5.91 Å². The lowest BCUT2D eigenvalue weighted by Crippen LogP contribution is -2.42. The van der Waals surface area contributed by atoms with Crippen LogP contribution in [0.1, 0.15) is 69.3 Å². The Labute approximate surface area is 196 Å². The summed E-state index contributed by atoms with van der Waals surface area (Å²) < 4.78 is 0. The fourth-order valence-corrected chi connectivity index (χ4v) is 4.66. The third-order valence-corrected chi connectivity index (χ3v) is 6.48. The van der Waals surface area contributed by atoms with Gasteiger partial charge in [-0.3, -0.25) is 9.69 Å². The van der Waals surface area contributed by atoms with E-state index >= 15 is 0 Å². The highest BCUT2D eigenvalue weighted by Gasteiger charge is 2.38. The van der Waals surface area contributed by atoms with Crippen LogP contribution in [0, 0.1) is 0 Å². The second kappa shape index (κ2) is 12.5. The van der Waals surface area contributed by atoms with Gasteiger partial charge in [-0.25, -0.2) is 4.79 Å². The number of aliphatic carboxylic acids is 1. The Kier molecular flexibility index (Phi) is 10.0. The topological polar surface area (TPSA) is 57.6 Å². The van der Waals surface area contributed by atoms with Crippen molar-refractivity contribution >= 4 is 29.3 Å². The van der Waals surface area contributed by atoms with Crippen molar-refractivity contribution in [2.75, 3.05) is 11.5 Å². The van der Waals surface area contributed by atoms with Crippen molar-refractivity contribution in [3.8, 4) is 0 Å². The quantitative estimate of drug-likeness (QED) is 0.282. The lowest BCUT2D eigenvalue weighted by molar-refractivity contribution is -0.140. The minimum absolute atomic E-state index is 0.280. The molecule has 1 N–H and O–H groups in total. The molecule has 1 aromatic carbocycles. The maximum Gasteiger partial charge on any atom is 0.327 e. The number of benzene rings is 1. The summed E-state index contributed by atoms with van der Waals surface area (Å²) in [6.45, 7) is 12.5. The van der Waals surface area contributed by atoms with Crippen molar-refractivity contribution in [2.24, 2.45) is 0 Å². The standard InChI is InChI=1S/C27H35NO3S/c1-19(2)10-8-11-20(3)12-9-13-21(4)16-17-32-18-25(27(30)31)28-22(5)23-14-6-7-15-24(23)26(28)29/h6-7,10,12,14-16,25H,5,8-9,11,13,17-18H2,1-4H3,(H,30,31)/b20-12+,21-16+. The van der Waals surface area contributed by atoms with Crippen LogP contribution in [0.15, 0.2) is 65.8 Å². The van der Waals surface area contributed by atoms with Gasteiger partial charge in [0.2, 0.25) is 0 Å². The summed E-state index contributed by atoms with van der Waals surface area (Å²) in [5.41, 5.74) is 5.79. The van der Waals surface area contributed by atoms with Gasteiger partial charge in [-0.1, -0.05) is 59.7 Å². The fraction of sp³-hybridized carbons (Fsp3) is 0.407. The zero-order valence-electron chi connectivity index (χ0n) is 19.7. The van der Waals surface area contributed by atoms with E-state index in [1.807, 2.05) is 12.1 Å². The Hall–Kier alpha value is -2.53. The largest absolute Gasteiger partial charge is 0.480 e. The van der Waals surface area contributed by atoms with E-state index in [0.717, 1.165) is 31.4 Å². The smallest absolute Gasteiger partial charge is 0.327 e. The van der Waals surface area contributed by atoms with Crippen LogP contribution in [0.5, 0.6) is 0 Å². The average molecular weight is 454 g/mol. The van der Waals surface area contributed by atoms with Crippen molar-refractivity contribution in [3.63, 3.8) is 0 Å². The predicted molar refractivity (Wildman–Crippen MR) is 136 cm³/mol. The molecule has 0 spiro atoms. The van der Waals surface area contributed by atoms with Crippen LogP contribution >= 0.6 is 11.8 Å². The van der Waals surface area contributed by atoms with Gasteiger partial charge in [-0.2, -0.15) is 11.8 Å². The molecule has 0 saturated carbocycles. The molecule has 0 fully saturated rings. The number of carbonyl (C=O) groups excluding carboxylic acids is 1. The summed E-state index contributed by atoms with van der Waals surface area (Å²) >= 11 is 1.53. The molecule has 0 radical (unpaired) electrons. The lowest BCUT2D eigenvalue weighted by atomic mass is 10.1. The average Bonchev–Trinajstić information content (AvgIpc) is 2.98. The molecule has 0 saturated heterocycles. The van der Waals surface area contributed by atoms with E-state index in [9.17, 15) is 14.7 Å². The summed E-state index contributed by atoms with van der Waals surface area (Å²) in [5, 5.41) is 9.74. The number of hydrogen-bond acceptors (Lipinski definition) is 3. The van der Waals surface area contributed by atoms with Gasteiger partial charge < -0.3 is 5.11 Å². The molecular weight excluding hydrogens is 418 g/mol. The highest BCUT2D eigenvalue weighted by Crippen LogP contribution is 2.33. The van der Waals surface area contributed by atoms with Crippen molar-refractivity contribution < 1.29 is 14.7 Å². The molecule has 0 bridgehead atoms. The molecule has 1 unspecified atom stereocenters. The third kappa shape index (κ3) is 7.27. The van der Waals surface area contributed by atoms with Crippen molar-refractivity contribution in [3.05, 3.63) is 76.9 Å². The van der Waals surface area contributed by atoms with Gasteiger partial charge in [0.1, 0.15) is 6.04 Å². The first-order chi connectivity index (χ1) is 15.2. The zero-order valence-corrected chi connectivity index (χ0v) is 20.5. The summed E-state index contributed by atoms with van der Waals surface area (Å²) in [6, 6.07) is 6.22. The van der Waals surface area contributed by atoms with E-state index in [1.54, 1.807) is 12.1 Å². The second-order valence-corrected chi connectivity index (χ2v) is 9.59. The van der Waals surface area contributed by atoms with Crippen molar-refractivity contribution in [1.82, 2.24) is 4.90 Å². The molecule has 5 heteroatoms. The van der Waals surface area contributed by atoms with Gasteiger partial charge >= 0.3 is 5.97 Å². The third-order valence-electron chi connectivity index (χ3n) is 5.52. The van der Waals surface area contributed by atoms with Crippen molar-refractivity contribution in [1.29, 1.82) is 0 Å². The molecule has 1 heterocycles. The molecule has 0 aromatic heterocycles. The lowest BCUT2D eigenvalue weighted by Gasteiger charge is -2.25. The Balaban J connectivity index is 1.83. The number of thioether (sulfide) groups is 1. The minimum atomic E-state index is -1.01. The van der Waals surface area contributed by atoms with Crippen LogP contribution in [-0.4, -0.2) is 39.4 Å². The molecule has 1 aliphatic rings. The Morgan fingerprint density at radius 2 is 1.62 bits per heavy atom. The number of hydrogen-bond donors (Lipinski definition) is 1. The summed E-state index contributed by atoms with van der Waals surface area (Å²) in [4.78, 5) is 26.0. The van der Waals surface area contributed by atoms with Gasteiger partial charge in [-0.15, -0.1) is 0 Å². The van der Waals surface area contributed by atoms with Crippen LogP contribution in [0.4, 0.5) is 0 Å². The minimum Gasteiger partial charge on any atom is -0.480 e. The Bertz CT molecular complexity index is 903. The number of fused-ring (bicyclic) bond motifs is 1. The highest BCUT2D eigenvalue weighted by atomic mass is 32.2. The van der Waals surface area contributed by atoms with Gasteiger partial charge in [0.25, 0.3) is 5.91 Å². The molecule has 32 heavy (non-hydrogen) atoms. The van der Waals surface area contributed by atoms with Crippen LogP contribution in [-0.2, 0) is 4.79 Å². The summed E-state index contributed by atoms with van der Waals surface area (Å²) in [6.07, 6.45) is 11.0. The number of carboxylic acids is 1. The Morgan fingerprint density at radius 1 is 1.03 bits per heavy atom. The van der Waals surface area contributed by atoms with E-state index in [1.165, 1.54) is 33.4 Å². The highest BCUT2D eigenvalue weighted by molar-refractivity contribution is 7.99. The van der Waals surface area contributed by atoms with Crippen molar-refractivity contribution in [2.45, 2.75) is 59.4 Å². The van der Waals surface area contributed by atoms with E-state index in [4.69, 9.17) is 0 Å². The monoisotopic (exact) mass is 453 g/mol. The second-order valence-electron chi connectivity index (χ2n) is 8.52. The van der Waals surface area contributed by atoms with E-state index in [0.29, 0.717) is 22.6 Å². The maximum atomic E-state index is 12.7. The van der Waals surface area contributed by atoms with E-state index < -0.39 is 12.0 Å². The first kappa shape index (κ1) is 25.7. The van der Waals surface area contributed by atoms with Crippen LogP contribution in [0.25, 0.3) is 5.70 Å². The molecule has 4 nitrogen and oxygen atoms in total. The summed E-state index contributed by atoms with van der Waals surface area (Å²) in [5.74, 6) is -0.243. The number of nitrogens with zero attached hydrogens (tertiary/aromatic N) is 1. The molecule has 0 aliphatic carbocycles.